The molecule has 0 radical (unpaired) electrons. The summed E-state index contributed by atoms with van der Waals surface area (Å²) >= 11 is 0. The summed E-state index contributed by atoms with van der Waals surface area (Å²) < 4.78 is 8.82. The zero-order valence-electron chi connectivity index (χ0n) is 13.5. The van der Waals surface area contributed by atoms with Crippen LogP contribution in [0.5, 0.6) is 0 Å². The van der Waals surface area contributed by atoms with Crippen LogP contribution in [0.2, 0.25) is 0 Å². The van der Waals surface area contributed by atoms with Gasteiger partial charge in [0.25, 0.3) is 0 Å². The van der Waals surface area contributed by atoms with Crippen LogP contribution in [0.4, 0.5) is 0 Å². The van der Waals surface area contributed by atoms with E-state index in [9.17, 15) is 0 Å². The van der Waals surface area contributed by atoms with Crippen LogP contribution in [0.15, 0.2) is 43.0 Å². The average molecular weight is 288 g/mol. The van der Waals surface area contributed by atoms with Gasteiger partial charge < -0.3 is 9.30 Å². The van der Waals surface area contributed by atoms with Crippen molar-refractivity contribution < 1.29 is 4.74 Å². The second-order valence-corrected chi connectivity index (χ2v) is 5.80. The van der Waals surface area contributed by atoms with E-state index >= 15 is 0 Å². The molecule has 1 aromatic rings. The molecule has 0 saturated carbocycles. The van der Waals surface area contributed by atoms with Crippen molar-refractivity contribution in [1.82, 2.24) is 9.55 Å². The molecule has 1 aliphatic rings. The number of hydrogen-bond donors (Lipinski definition) is 0. The largest absolute Gasteiger partial charge is 0.348 e. The number of aromatic nitrogens is 2. The predicted molar refractivity (Wildman–Crippen MR) is 87.0 cm³/mol. The molecule has 0 aromatic carbocycles. The molecule has 2 rings (SSSR count). The fraction of sp³-hybridized carbons (Fsp3) is 0.611. The first-order chi connectivity index (χ1) is 10.3. The fourth-order valence-electron chi connectivity index (χ4n) is 3.19. The second-order valence-electron chi connectivity index (χ2n) is 5.80. The van der Waals surface area contributed by atoms with Crippen LogP contribution in [-0.2, 0) is 10.5 Å². The normalized spacial score (nSPS) is 24.9. The number of rotatable bonds is 8. The molecular formula is C18H28N2O. The SMILES string of the molecule is CCCC(CCC)OC1(n2ccnc2)C=CC=CC1CC. The Morgan fingerprint density at radius 2 is 1.95 bits per heavy atom. The summed E-state index contributed by atoms with van der Waals surface area (Å²) in [5.41, 5.74) is -0.422. The monoisotopic (exact) mass is 288 g/mol. The highest BCUT2D eigenvalue weighted by Gasteiger charge is 2.39. The van der Waals surface area contributed by atoms with Gasteiger partial charge in [-0.3, -0.25) is 0 Å². The lowest BCUT2D eigenvalue weighted by Crippen LogP contribution is -2.44. The maximum atomic E-state index is 6.69. The number of nitrogens with zero attached hydrogens (tertiary/aromatic N) is 2. The Labute approximate surface area is 128 Å². The van der Waals surface area contributed by atoms with Gasteiger partial charge in [0.05, 0.1) is 12.4 Å². The van der Waals surface area contributed by atoms with Gasteiger partial charge in [0.1, 0.15) is 0 Å². The van der Waals surface area contributed by atoms with Crippen molar-refractivity contribution >= 4 is 0 Å². The number of hydrogen-bond acceptors (Lipinski definition) is 2. The Balaban J connectivity index is 2.32. The molecule has 2 unspecified atom stereocenters. The van der Waals surface area contributed by atoms with E-state index in [0.29, 0.717) is 12.0 Å². The molecule has 0 bridgehead atoms. The van der Waals surface area contributed by atoms with Gasteiger partial charge in [0.15, 0.2) is 5.72 Å². The van der Waals surface area contributed by atoms with E-state index < -0.39 is 5.72 Å². The highest BCUT2D eigenvalue weighted by molar-refractivity contribution is 5.20. The topological polar surface area (TPSA) is 27.1 Å². The van der Waals surface area contributed by atoms with E-state index in [1.165, 1.54) is 0 Å². The van der Waals surface area contributed by atoms with Gasteiger partial charge >= 0.3 is 0 Å². The van der Waals surface area contributed by atoms with Crippen LogP contribution in [0, 0.1) is 5.92 Å². The van der Waals surface area contributed by atoms with Crippen LogP contribution < -0.4 is 0 Å². The summed E-state index contributed by atoms with van der Waals surface area (Å²) in [5, 5.41) is 0. The Kier molecular flexibility index (Phi) is 5.80. The van der Waals surface area contributed by atoms with Crippen LogP contribution in [0.25, 0.3) is 0 Å². The van der Waals surface area contributed by atoms with Gasteiger partial charge in [-0.1, -0.05) is 51.8 Å². The number of allylic oxidation sites excluding steroid dienone is 2. The molecule has 0 fully saturated rings. The molecule has 0 amide bonds. The van der Waals surface area contributed by atoms with Crippen LogP contribution in [0.1, 0.15) is 52.9 Å². The molecule has 3 nitrogen and oxygen atoms in total. The van der Waals surface area contributed by atoms with Crippen molar-refractivity contribution in [1.29, 1.82) is 0 Å². The van der Waals surface area contributed by atoms with E-state index in [1.807, 2.05) is 18.7 Å². The van der Waals surface area contributed by atoms with Gasteiger partial charge in [0.2, 0.25) is 0 Å². The molecule has 0 saturated heterocycles. The Morgan fingerprint density at radius 3 is 2.52 bits per heavy atom. The lowest BCUT2D eigenvalue weighted by molar-refractivity contribution is -0.145. The van der Waals surface area contributed by atoms with Crippen LogP contribution >= 0.6 is 0 Å². The minimum absolute atomic E-state index is 0.299. The molecule has 0 spiro atoms. The van der Waals surface area contributed by atoms with E-state index in [1.54, 1.807) is 0 Å². The smallest absolute Gasteiger partial charge is 0.171 e. The second kappa shape index (κ2) is 7.60. The van der Waals surface area contributed by atoms with E-state index in [0.717, 1.165) is 32.1 Å². The fourth-order valence-corrected chi connectivity index (χ4v) is 3.19. The Bertz CT molecular complexity index is 458. The lowest BCUT2D eigenvalue weighted by Gasteiger charge is -2.42. The van der Waals surface area contributed by atoms with Gasteiger partial charge in [-0.25, -0.2) is 4.98 Å². The zero-order valence-corrected chi connectivity index (χ0v) is 13.5. The summed E-state index contributed by atoms with van der Waals surface area (Å²) in [4.78, 5) is 4.24. The lowest BCUT2D eigenvalue weighted by atomic mass is 9.88. The summed E-state index contributed by atoms with van der Waals surface area (Å²) in [6.45, 7) is 6.67. The third-order valence-electron chi connectivity index (χ3n) is 4.25. The van der Waals surface area contributed by atoms with Crippen molar-refractivity contribution in [2.75, 3.05) is 0 Å². The first kappa shape index (κ1) is 16.0. The highest BCUT2D eigenvalue weighted by atomic mass is 16.5. The first-order valence-corrected chi connectivity index (χ1v) is 8.29. The molecule has 0 N–H and O–H groups in total. The first-order valence-electron chi connectivity index (χ1n) is 8.29. The summed E-state index contributed by atoms with van der Waals surface area (Å²) in [6.07, 6.45) is 20.3. The van der Waals surface area contributed by atoms with E-state index in [2.05, 4.69) is 54.6 Å². The van der Waals surface area contributed by atoms with Crippen molar-refractivity contribution in [3.05, 3.63) is 43.0 Å². The third kappa shape index (κ3) is 3.46. The maximum absolute atomic E-state index is 6.69. The van der Waals surface area contributed by atoms with Crippen molar-refractivity contribution in [2.24, 2.45) is 5.92 Å². The zero-order chi connectivity index (χ0) is 15.1. The quantitative estimate of drug-likeness (QED) is 0.695. The highest BCUT2D eigenvalue weighted by Crippen LogP contribution is 2.38. The molecule has 116 valence electrons. The van der Waals surface area contributed by atoms with E-state index in [4.69, 9.17) is 4.74 Å². The summed E-state index contributed by atoms with van der Waals surface area (Å²) in [5.74, 6) is 0.341. The van der Waals surface area contributed by atoms with Crippen LogP contribution in [0.3, 0.4) is 0 Å². The Morgan fingerprint density at radius 1 is 1.19 bits per heavy atom. The number of imidazole rings is 1. The van der Waals surface area contributed by atoms with Crippen LogP contribution in [-0.4, -0.2) is 15.7 Å². The van der Waals surface area contributed by atoms with Crippen molar-refractivity contribution in [2.45, 2.75) is 64.7 Å². The molecule has 3 heteroatoms. The molecule has 21 heavy (non-hydrogen) atoms. The van der Waals surface area contributed by atoms with Gasteiger partial charge in [-0.05, 0) is 25.3 Å². The minimum Gasteiger partial charge on any atom is -0.348 e. The predicted octanol–water partition coefficient (Wildman–Crippen LogP) is 4.67. The maximum Gasteiger partial charge on any atom is 0.171 e. The minimum atomic E-state index is -0.422. The van der Waals surface area contributed by atoms with Crippen molar-refractivity contribution in [3.63, 3.8) is 0 Å². The van der Waals surface area contributed by atoms with Gasteiger partial charge in [0, 0.05) is 18.3 Å². The third-order valence-corrected chi connectivity index (χ3v) is 4.25. The Hall–Kier alpha value is -1.35. The molecular weight excluding hydrogens is 260 g/mol. The summed E-state index contributed by atoms with van der Waals surface area (Å²) in [7, 11) is 0. The molecule has 2 atom stereocenters. The average Bonchev–Trinajstić information content (AvgIpc) is 3.03. The molecule has 1 aromatic heterocycles. The summed E-state index contributed by atoms with van der Waals surface area (Å²) in [6, 6.07) is 0. The molecule has 1 heterocycles. The standard InChI is InChI=1S/C18H28N2O/c1-4-9-17(10-5-2)21-18(20-14-13-19-15-20)12-8-7-11-16(18)6-3/h7-8,11-17H,4-6,9-10H2,1-3H3. The molecule has 1 aliphatic carbocycles. The van der Waals surface area contributed by atoms with Gasteiger partial charge in [-0.2, -0.15) is 0 Å². The van der Waals surface area contributed by atoms with E-state index in [-0.39, 0.29) is 0 Å². The van der Waals surface area contributed by atoms with Gasteiger partial charge in [-0.15, -0.1) is 0 Å². The molecule has 0 aliphatic heterocycles. The number of ether oxygens (including phenoxy) is 1. The van der Waals surface area contributed by atoms with Crippen molar-refractivity contribution in [3.8, 4) is 0 Å².